The summed E-state index contributed by atoms with van der Waals surface area (Å²) in [6, 6.07) is 5.23. The van der Waals surface area contributed by atoms with Crippen molar-refractivity contribution < 1.29 is 4.21 Å². The maximum Gasteiger partial charge on any atom is 0.206 e. The Hall–Kier alpha value is -2.43. The molecule has 0 saturated carbocycles. The Morgan fingerprint density at radius 2 is 2.20 bits per heavy atom. The number of aromatic nitrogens is 4. The highest BCUT2D eigenvalue weighted by atomic mass is 35.5. The first-order valence-corrected chi connectivity index (χ1v) is 9.13. The molecule has 1 unspecified atom stereocenters. The lowest BCUT2D eigenvalue weighted by Gasteiger charge is -2.09. The fourth-order valence-electron chi connectivity index (χ4n) is 2.54. The molecule has 0 bridgehead atoms. The molecular formula is C17H16ClN5OS. The highest BCUT2D eigenvalue weighted by Gasteiger charge is 2.21. The molecule has 0 radical (unpaired) electrons. The van der Waals surface area contributed by atoms with E-state index in [0.29, 0.717) is 39.2 Å². The largest absolute Gasteiger partial charge is 0.382 e. The maximum absolute atomic E-state index is 13.2. The summed E-state index contributed by atoms with van der Waals surface area (Å²) in [5.74, 6) is 2.86. The van der Waals surface area contributed by atoms with Gasteiger partial charge in [0, 0.05) is 22.9 Å². The average Bonchev–Trinajstić information content (AvgIpc) is 2.95. The SMILES string of the molecule is C#CCCCn1c(S(=O)c2ccc(Cl)cc2C)nc2c(N)ncnc21. The van der Waals surface area contributed by atoms with Crippen LogP contribution in [-0.2, 0) is 17.3 Å². The van der Waals surface area contributed by atoms with Gasteiger partial charge in [-0.1, -0.05) is 11.6 Å². The van der Waals surface area contributed by atoms with Crippen LogP contribution in [0.3, 0.4) is 0 Å². The van der Waals surface area contributed by atoms with Crippen molar-refractivity contribution in [3.05, 3.63) is 35.1 Å². The number of hydrogen-bond donors (Lipinski definition) is 1. The van der Waals surface area contributed by atoms with E-state index in [-0.39, 0.29) is 5.82 Å². The zero-order chi connectivity index (χ0) is 18.0. The van der Waals surface area contributed by atoms with E-state index in [2.05, 4.69) is 20.9 Å². The third-order valence-corrected chi connectivity index (χ3v) is 5.47. The second-order valence-corrected chi connectivity index (χ2v) is 7.24. The van der Waals surface area contributed by atoms with Crippen molar-refractivity contribution in [3.63, 3.8) is 0 Å². The zero-order valence-corrected chi connectivity index (χ0v) is 15.1. The molecule has 1 aromatic carbocycles. The smallest absolute Gasteiger partial charge is 0.206 e. The molecule has 6 nitrogen and oxygen atoms in total. The second kappa shape index (κ2) is 7.21. The van der Waals surface area contributed by atoms with Gasteiger partial charge in [0.2, 0.25) is 5.16 Å². The fraction of sp³-hybridized carbons (Fsp3) is 0.235. The summed E-state index contributed by atoms with van der Waals surface area (Å²) in [5.41, 5.74) is 7.73. The number of aryl methyl sites for hydroxylation is 2. The lowest BCUT2D eigenvalue weighted by Crippen LogP contribution is -2.08. The van der Waals surface area contributed by atoms with Gasteiger partial charge in [-0.3, -0.25) is 0 Å². The number of fused-ring (bicyclic) bond motifs is 1. The highest BCUT2D eigenvalue weighted by Crippen LogP contribution is 2.26. The third-order valence-electron chi connectivity index (χ3n) is 3.73. The van der Waals surface area contributed by atoms with Gasteiger partial charge < -0.3 is 10.3 Å². The fourth-order valence-corrected chi connectivity index (χ4v) is 4.05. The molecule has 2 N–H and O–H groups in total. The topological polar surface area (TPSA) is 86.7 Å². The van der Waals surface area contributed by atoms with E-state index in [1.54, 1.807) is 22.8 Å². The number of benzene rings is 1. The lowest BCUT2D eigenvalue weighted by atomic mass is 10.2. The van der Waals surface area contributed by atoms with E-state index in [4.69, 9.17) is 23.8 Å². The summed E-state index contributed by atoms with van der Waals surface area (Å²) in [5, 5.41) is 0.973. The first-order valence-electron chi connectivity index (χ1n) is 7.61. The van der Waals surface area contributed by atoms with Crippen LogP contribution in [0.4, 0.5) is 5.82 Å². The molecule has 3 aromatic rings. The number of halogens is 1. The number of rotatable bonds is 5. The van der Waals surface area contributed by atoms with Crippen molar-refractivity contribution in [1.29, 1.82) is 0 Å². The van der Waals surface area contributed by atoms with Crippen LogP contribution in [0.2, 0.25) is 5.02 Å². The van der Waals surface area contributed by atoms with Crippen LogP contribution in [-0.4, -0.2) is 23.7 Å². The molecular weight excluding hydrogens is 358 g/mol. The van der Waals surface area contributed by atoms with Crippen LogP contribution in [0.1, 0.15) is 18.4 Å². The Morgan fingerprint density at radius 1 is 1.40 bits per heavy atom. The van der Waals surface area contributed by atoms with Crippen molar-refractivity contribution in [3.8, 4) is 12.3 Å². The summed E-state index contributed by atoms with van der Waals surface area (Å²) in [6.45, 7) is 2.41. The van der Waals surface area contributed by atoms with E-state index < -0.39 is 10.8 Å². The monoisotopic (exact) mass is 373 g/mol. The molecule has 2 aromatic heterocycles. The number of nitrogen functional groups attached to an aromatic ring is 1. The van der Waals surface area contributed by atoms with Crippen molar-refractivity contribution >= 4 is 39.4 Å². The summed E-state index contributed by atoms with van der Waals surface area (Å²) in [7, 11) is -1.51. The van der Waals surface area contributed by atoms with Gasteiger partial charge in [0.05, 0.1) is 0 Å². The standard InChI is InChI=1S/C17H16ClN5OS/c1-3-4-5-8-23-16-14(15(19)20-10-21-16)22-17(23)25(24)13-7-6-12(18)9-11(13)2/h1,6-7,9-10H,4-5,8H2,2H3,(H2,19,20,21). The van der Waals surface area contributed by atoms with Crippen LogP contribution < -0.4 is 5.73 Å². The second-order valence-electron chi connectivity index (χ2n) is 5.46. The van der Waals surface area contributed by atoms with E-state index in [9.17, 15) is 4.21 Å². The lowest BCUT2D eigenvalue weighted by molar-refractivity contribution is 0.600. The van der Waals surface area contributed by atoms with E-state index in [1.807, 2.05) is 6.92 Å². The number of terminal acetylenes is 1. The summed E-state index contributed by atoms with van der Waals surface area (Å²) in [6.07, 6.45) is 8.03. The van der Waals surface area contributed by atoms with E-state index in [1.165, 1.54) is 6.33 Å². The quantitative estimate of drug-likeness (QED) is 0.548. The van der Waals surface area contributed by atoms with Crippen LogP contribution in [0.15, 0.2) is 34.6 Å². The first kappa shape index (κ1) is 17.4. The Balaban J connectivity index is 2.13. The van der Waals surface area contributed by atoms with Gasteiger partial charge in [0.1, 0.15) is 17.1 Å². The number of hydrogen-bond acceptors (Lipinski definition) is 5. The Morgan fingerprint density at radius 3 is 2.92 bits per heavy atom. The van der Waals surface area contributed by atoms with Gasteiger partial charge in [-0.2, -0.15) is 0 Å². The third kappa shape index (κ3) is 3.36. The molecule has 0 spiro atoms. The summed E-state index contributed by atoms with van der Waals surface area (Å²) < 4.78 is 15.0. The molecule has 8 heteroatoms. The van der Waals surface area contributed by atoms with Gasteiger partial charge in [0.15, 0.2) is 17.0 Å². The summed E-state index contributed by atoms with van der Waals surface area (Å²) in [4.78, 5) is 13.3. The number of nitrogens with zero attached hydrogens (tertiary/aromatic N) is 4. The summed E-state index contributed by atoms with van der Waals surface area (Å²) >= 11 is 6.00. The van der Waals surface area contributed by atoms with Crippen LogP contribution in [0.25, 0.3) is 11.2 Å². The normalized spacial score (nSPS) is 12.2. The molecule has 0 fully saturated rings. The Kier molecular flexibility index (Phi) is 5.02. The van der Waals surface area contributed by atoms with Crippen LogP contribution >= 0.6 is 11.6 Å². The molecule has 128 valence electrons. The van der Waals surface area contributed by atoms with Gasteiger partial charge in [-0.05, 0) is 37.1 Å². The molecule has 0 aliphatic heterocycles. The number of imidazole rings is 1. The minimum atomic E-state index is -1.51. The molecule has 1 atom stereocenters. The zero-order valence-electron chi connectivity index (χ0n) is 13.6. The predicted molar refractivity (Wildman–Crippen MR) is 98.7 cm³/mol. The highest BCUT2D eigenvalue weighted by molar-refractivity contribution is 7.85. The molecule has 2 heterocycles. The van der Waals surface area contributed by atoms with E-state index in [0.717, 1.165) is 12.0 Å². The molecule has 0 amide bonds. The minimum Gasteiger partial charge on any atom is -0.382 e. The average molecular weight is 374 g/mol. The van der Waals surface area contributed by atoms with Crippen molar-refractivity contribution in [2.24, 2.45) is 0 Å². The van der Waals surface area contributed by atoms with Crippen molar-refractivity contribution in [2.75, 3.05) is 5.73 Å². The maximum atomic E-state index is 13.2. The molecule has 3 rings (SSSR count). The van der Waals surface area contributed by atoms with Crippen molar-refractivity contribution in [2.45, 2.75) is 36.4 Å². The van der Waals surface area contributed by atoms with Crippen LogP contribution in [0, 0.1) is 19.3 Å². The predicted octanol–water partition coefficient (Wildman–Crippen LogP) is 2.95. The van der Waals surface area contributed by atoms with E-state index >= 15 is 0 Å². The minimum absolute atomic E-state index is 0.256. The first-order chi connectivity index (χ1) is 12.0. The van der Waals surface area contributed by atoms with Crippen LogP contribution in [0.5, 0.6) is 0 Å². The van der Waals surface area contributed by atoms with Gasteiger partial charge in [0.25, 0.3) is 0 Å². The molecule has 0 aliphatic rings. The Bertz CT molecular complexity index is 1010. The molecule has 0 saturated heterocycles. The Labute approximate surface area is 152 Å². The molecule has 0 aliphatic carbocycles. The number of anilines is 1. The number of nitrogens with two attached hydrogens (primary N) is 1. The van der Waals surface area contributed by atoms with Gasteiger partial charge in [-0.25, -0.2) is 19.2 Å². The van der Waals surface area contributed by atoms with Gasteiger partial charge in [-0.15, -0.1) is 12.3 Å². The number of unbranched alkanes of at least 4 members (excludes halogenated alkanes) is 1. The van der Waals surface area contributed by atoms with Gasteiger partial charge >= 0.3 is 0 Å². The molecule has 25 heavy (non-hydrogen) atoms. The van der Waals surface area contributed by atoms with Crippen molar-refractivity contribution in [1.82, 2.24) is 19.5 Å².